The first-order valence-corrected chi connectivity index (χ1v) is 6.34. The minimum atomic E-state index is 0.348. The lowest BCUT2D eigenvalue weighted by Crippen LogP contribution is -2.02. The zero-order chi connectivity index (χ0) is 10.8. The van der Waals surface area contributed by atoms with Crippen molar-refractivity contribution < 1.29 is 4.74 Å². The van der Waals surface area contributed by atoms with Crippen LogP contribution in [0.15, 0.2) is 0 Å². The monoisotopic (exact) mass is 236 g/mol. The summed E-state index contributed by atoms with van der Waals surface area (Å²) in [5.74, 6) is 0. The van der Waals surface area contributed by atoms with Gasteiger partial charge in [0.15, 0.2) is 5.05 Å². The molecule has 0 bridgehead atoms. The van der Waals surface area contributed by atoms with Crippen LogP contribution in [0.3, 0.4) is 0 Å². The maximum absolute atomic E-state index is 6.09. The van der Waals surface area contributed by atoms with E-state index in [0.29, 0.717) is 12.0 Å². The van der Waals surface area contributed by atoms with Gasteiger partial charge < -0.3 is 4.74 Å². The van der Waals surface area contributed by atoms with Crippen LogP contribution < -0.4 is 0 Å². The Labute approximate surface area is 98.2 Å². The molecule has 0 saturated carbocycles. The Kier molecular flexibility index (Phi) is 9.85. The Morgan fingerprint density at radius 2 is 2.00 bits per heavy atom. The van der Waals surface area contributed by atoms with E-state index in [1.54, 1.807) is 0 Å². The van der Waals surface area contributed by atoms with E-state index in [9.17, 15) is 0 Å². The van der Waals surface area contributed by atoms with Gasteiger partial charge in [-0.2, -0.15) is 0 Å². The van der Waals surface area contributed by atoms with Crippen molar-refractivity contribution in [3.8, 4) is 0 Å². The predicted molar refractivity (Wildman–Crippen MR) is 67.2 cm³/mol. The van der Waals surface area contributed by atoms with Crippen molar-refractivity contribution in [3.63, 3.8) is 0 Å². The highest BCUT2D eigenvalue weighted by molar-refractivity contribution is 7.80. The fraction of sp³-hybridized carbons (Fsp3) is 0.909. The van der Waals surface area contributed by atoms with E-state index >= 15 is 0 Å². The summed E-state index contributed by atoms with van der Waals surface area (Å²) in [7, 11) is 0. The second-order valence-electron chi connectivity index (χ2n) is 3.44. The maximum atomic E-state index is 6.09. The maximum Gasteiger partial charge on any atom is 0.159 e. The van der Waals surface area contributed by atoms with Crippen LogP contribution in [0.4, 0.5) is 0 Å². The number of rotatable bonds is 8. The number of hydrogen-bond acceptors (Lipinski definition) is 2. The summed E-state index contributed by atoms with van der Waals surface area (Å²) in [5, 5.41) is 1.09. The molecule has 0 aliphatic heterocycles. The Morgan fingerprint density at radius 1 is 1.29 bits per heavy atom. The zero-order valence-corrected chi connectivity index (χ0v) is 10.8. The van der Waals surface area contributed by atoms with Crippen molar-refractivity contribution in [2.45, 2.75) is 57.7 Å². The van der Waals surface area contributed by atoms with Crippen LogP contribution in [0.25, 0.3) is 0 Å². The van der Waals surface area contributed by atoms with E-state index in [1.807, 2.05) is 6.92 Å². The van der Waals surface area contributed by atoms with Crippen LogP contribution in [0.2, 0.25) is 0 Å². The van der Waals surface area contributed by atoms with Gasteiger partial charge in [0, 0.05) is 11.8 Å². The second kappa shape index (κ2) is 9.72. The Bertz CT molecular complexity index is 150. The molecule has 3 heteroatoms. The molecule has 0 spiro atoms. The molecule has 0 amide bonds. The van der Waals surface area contributed by atoms with Gasteiger partial charge in [0.05, 0.1) is 6.61 Å². The van der Waals surface area contributed by atoms with Crippen molar-refractivity contribution in [3.05, 3.63) is 0 Å². The molecule has 14 heavy (non-hydrogen) atoms. The number of alkyl halides is 1. The largest absolute Gasteiger partial charge is 0.487 e. The van der Waals surface area contributed by atoms with Crippen molar-refractivity contribution in [1.82, 2.24) is 0 Å². The first kappa shape index (κ1) is 14.2. The molecule has 0 aromatic heterocycles. The molecule has 0 heterocycles. The molecule has 0 aliphatic carbocycles. The molecular formula is C11H21ClOS. The molecule has 0 aromatic rings. The van der Waals surface area contributed by atoms with Crippen molar-refractivity contribution >= 4 is 28.9 Å². The molecule has 1 atom stereocenters. The molecule has 0 fully saturated rings. The van der Waals surface area contributed by atoms with Crippen LogP contribution in [0, 0.1) is 0 Å². The molecule has 0 radical (unpaired) electrons. The van der Waals surface area contributed by atoms with Crippen molar-refractivity contribution in [1.29, 1.82) is 0 Å². The van der Waals surface area contributed by atoms with E-state index in [1.165, 1.54) is 6.42 Å². The third-order valence-electron chi connectivity index (χ3n) is 2.06. The summed E-state index contributed by atoms with van der Waals surface area (Å²) < 4.78 is 5.19. The van der Waals surface area contributed by atoms with Crippen molar-refractivity contribution in [2.75, 3.05) is 6.61 Å². The molecule has 0 saturated heterocycles. The lowest BCUT2D eigenvalue weighted by atomic mass is 10.1. The van der Waals surface area contributed by atoms with E-state index in [0.717, 1.165) is 37.2 Å². The molecular weight excluding hydrogens is 216 g/mol. The van der Waals surface area contributed by atoms with Gasteiger partial charge in [-0.3, -0.25) is 0 Å². The molecule has 1 unspecified atom stereocenters. The van der Waals surface area contributed by atoms with Crippen LogP contribution >= 0.6 is 23.8 Å². The van der Waals surface area contributed by atoms with Crippen LogP contribution in [-0.4, -0.2) is 17.0 Å². The number of hydrogen-bond donors (Lipinski definition) is 0. The third kappa shape index (κ3) is 8.76. The van der Waals surface area contributed by atoms with E-state index in [-0.39, 0.29) is 0 Å². The van der Waals surface area contributed by atoms with Gasteiger partial charge in [0.1, 0.15) is 0 Å². The molecule has 84 valence electrons. The fourth-order valence-corrected chi connectivity index (χ4v) is 1.96. The SMILES string of the molecule is CCCC(Cl)CCCCC(=S)OCC. The Balaban J connectivity index is 3.24. The topological polar surface area (TPSA) is 9.23 Å². The third-order valence-corrected chi connectivity index (χ3v) is 2.81. The van der Waals surface area contributed by atoms with Gasteiger partial charge >= 0.3 is 0 Å². The van der Waals surface area contributed by atoms with E-state index < -0.39 is 0 Å². The smallest absolute Gasteiger partial charge is 0.159 e. The Hall–Kier alpha value is 0.180. The van der Waals surface area contributed by atoms with Crippen LogP contribution in [-0.2, 0) is 4.74 Å². The van der Waals surface area contributed by atoms with Gasteiger partial charge in [-0.15, -0.1) is 11.6 Å². The summed E-state index contributed by atoms with van der Waals surface area (Å²) in [6.45, 7) is 4.81. The summed E-state index contributed by atoms with van der Waals surface area (Å²) in [4.78, 5) is 0. The van der Waals surface area contributed by atoms with Gasteiger partial charge in [-0.25, -0.2) is 0 Å². The fourth-order valence-electron chi connectivity index (χ4n) is 1.33. The highest BCUT2D eigenvalue weighted by Crippen LogP contribution is 2.14. The highest BCUT2D eigenvalue weighted by atomic mass is 35.5. The van der Waals surface area contributed by atoms with Crippen LogP contribution in [0.1, 0.15) is 52.4 Å². The normalized spacial score (nSPS) is 12.5. The van der Waals surface area contributed by atoms with Gasteiger partial charge in [0.2, 0.25) is 0 Å². The van der Waals surface area contributed by atoms with Crippen LogP contribution in [0.5, 0.6) is 0 Å². The first-order chi connectivity index (χ1) is 6.70. The molecule has 0 N–H and O–H groups in total. The average molecular weight is 237 g/mol. The van der Waals surface area contributed by atoms with Gasteiger partial charge in [-0.05, 0) is 38.4 Å². The quantitative estimate of drug-likeness (QED) is 0.353. The Morgan fingerprint density at radius 3 is 2.57 bits per heavy atom. The number of ether oxygens (including phenoxy) is 1. The number of unbranched alkanes of at least 4 members (excludes halogenated alkanes) is 1. The highest BCUT2D eigenvalue weighted by Gasteiger charge is 2.03. The van der Waals surface area contributed by atoms with Crippen molar-refractivity contribution in [2.24, 2.45) is 0 Å². The zero-order valence-electron chi connectivity index (χ0n) is 9.22. The van der Waals surface area contributed by atoms with E-state index in [4.69, 9.17) is 28.6 Å². The molecule has 1 nitrogen and oxygen atoms in total. The summed E-state index contributed by atoms with van der Waals surface area (Å²) in [5.41, 5.74) is 0. The molecule has 0 aliphatic rings. The molecule has 0 rings (SSSR count). The summed E-state index contributed by atoms with van der Waals surface area (Å²) >= 11 is 11.1. The minimum absolute atomic E-state index is 0.348. The second-order valence-corrected chi connectivity index (χ2v) is 4.51. The van der Waals surface area contributed by atoms with Gasteiger partial charge in [-0.1, -0.05) is 19.8 Å². The average Bonchev–Trinajstić information content (AvgIpc) is 2.13. The van der Waals surface area contributed by atoms with Gasteiger partial charge in [0.25, 0.3) is 0 Å². The summed E-state index contributed by atoms with van der Waals surface area (Å²) in [6.07, 6.45) is 6.55. The first-order valence-electron chi connectivity index (χ1n) is 5.50. The molecule has 0 aromatic carbocycles. The van der Waals surface area contributed by atoms with E-state index in [2.05, 4.69) is 6.92 Å². The minimum Gasteiger partial charge on any atom is -0.487 e. The summed E-state index contributed by atoms with van der Waals surface area (Å²) in [6, 6.07) is 0. The number of halogens is 1. The predicted octanol–water partition coefficient (Wildman–Crippen LogP) is 4.32. The lowest BCUT2D eigenvalue weighted by Gasteiger charge is -2.08. The lowest BCUT2D eigenvalue weighted by molar-refractivity contribution is 0.325. The number of thiocarbonyl (C=S) groups is 1. The standard InChI is InChI=1S/C11H21ClOS/c1-3-7-10(12)8-5-6-9-11(14)13-4-2/h10H,3-9H2,1-2H3.